The minimum absolute atomic E-state index is 0.0813. The maximum Gasteiger partial charge on any atom is 0.285 e. The number of primary amides is 1. The van der Waals surface area contributed by atoms with Gasteiger partial charge in [0.2, 0.25) is 17.6 Å². The lowest BCUT2D eigenvalue weighted by Gasteiger charge is -2.36. The summed E-state index contributed by atoms with van der Waals surface area (Å²) in [5, 5.41) is 7.97. The molecule has 5 rings (SSSR count). The Bertz CT molecular complexity index is 1410. The molecule has 2 aliphatic heterocycles. The van der Waals surface area contributed by atoms with E-state index in [1.54, 1.807) is 12.1 Å². The van der Waals surface area contributed by atoms with Gasteiger partial charge in [0.1, 0.15) is 6.04 Å². The molecule has 10 nitrogen and oxygen atoms in total. The Morgan fingerprint density at radius 2 is 1.77 bits per heavy atom. The summed E-state index contributed by atoms with van der Waals surface area (Å²) in [6, 6.07) is 5.44. The quantitative estimate of drug-likeness (QED) is 0.233. The van der Waals surface area contributed by atoms with Gasteiger partial charge in [-0.3, -0.25) is 24.0 Å². The summed E-state index contributed by atoms with van der Waals surface area (Å²) in [5.74, 6) is -2.93. The van der Waals surface area contributed by atoms with Crippen LogP contribution >= 0.6 is 11.6 Å². The van der Waals surface area contributed by atoms with E-state index in [4.69, 9.17) is 22.2 Å². The molecule has 1 aromatic rings. The van der Waals surface area contributed by atoms with Gasteiger partial charge in [0.25, 0.3) is 5.91 Å². The molecule has 256 valence electrons. The fraction of sp³-hybridized carbons (Fsp3) is 0.667. The first-order valence-corrected chi connectivity index (χ1v) is 17.6. The maximum atomic E-state index is 14.5. The largest absolute Gasteiger partial charge is 0.387 e. The van der Waals surface area contributed by atoms with Gasteiger partial charge in [-0.1, -0.05) is 88.2 Å². The standard InChI is InChI=1S/C36H49ClN4O6/c1-35(2,3)32(39-30(43)16-22-9-6-4-5-7-10-22)34(46)41-21-36(19-27(40-47-36)24-11-8-12-26(37)17-24)20-28(41)29(42)18-25(15-23-13-14-23)31(44)33(38)45/h8,11-12,17,22-23,25,28,32H,4-7,9-10,13-16,18-21H2,1-3H3,(H2,38,45)(H,39,43)/t25-,28+,32-,36-/m1/s1. The molecule has 0 bridgehead atoms. The summed E-state index contributed by atoms with van der Waals surface area (Å²) in [4.78, 5) is 74.3. The second kappa shape index (κ2) is 14.5. The Morgan fingerprint density at radius 3 is 2.38 bits per heavy atom. The minimum atomic E-state index is -1.05. The second-order valence-electron chi connectivity index (χ2n) is 15.4. The highest BCUT2D eigenvalue weighted by Crippen LogP contribution is 2.42. The van der Waals surface area contributed by atoms with Crippen LogP contribution in [0.15, 0.2) is 29.4 Å². The first kappa shape index (κ1) is 35.0. The zero-order valence-electron chi connectivity index (χ0n) is 27.9. The van der Waals surface area contributed by atoms with E-state index >= 15 is 0 Å². The van der Waals surface area contributed by atoms with E-state index < -0.39 is 40.7 Å². The molecule has 0 unspecified atom stereocenters. The van der Waals surface area contributed by atoms with E-state index in [9.17, 15) is 24.0 Å². The van der Waals surface area contributed by atoms with E-state index in [-0.39, 0.29) is 48.8 Å². The average molecular weight is 669 g/mol. The Labute approximate surface area is 282 Å². The number of hydrogen-bond donors (Lipinski definition) is 2. The van der Waals surface area contributed by atoms with E-state index in [0.29, 0.717) is 30.0 Å². The Kier molecular flexibility index (Phi) is 10.8. The van der Waals surface area contributed by atoms with Crippen molar-refractivity contribution in [3.05, 3.63) is 34.9 Å². The van der Waals surface area contributed by atoms with Crippen molar-refractivity contribution in [3.63, 3.8) is 0 Å². The number of nitrogens with two attached hydrogens (primary N) is 1. The fourth-order valence-corrected chi connectivity index (χ4v) is 7.68. The van der Waals surface area contributed by atoms with Gasteiger partial charge in [-0.05, 0) is 48.6 Å². The van der Waals surface area contributed by atoms with Crippen LogP contribution in [0.25, 0.3) is 0 Å². The topological polar surface area (TPSA) is 148 Å². The number of rotatable bonds is 12. The molecular formula is C36H49ClN4O6. The van der Waals surface area contributed by atoms with Gasteiger partial charge in [-0.2, -0.15) is 0 Å². The normalized spacial score (nSPS) is 24.6. The van der Waals surface area contributed by atoms with Crippen molar-refractivity contribution in [1.82, 2.24) is 10.2 Å². The summed E-state index contributed by atoms with van der Waals surface area (Å²) in [7, 11) is 0. The van der Waals surface area contributed by atoms with Crippen LogP contribution in [0.5, 0.6) is 0 Å². The second-order valence-corrected chi connectivity index (χ2v) is 15.8. The number of nitrogens with one attached hydrogen (secondary N) is 1. The number of ketones is 2. The molecule has 2 heterocycles. The molecule has 3 amide bonds. The molecule has 2 aliphatic carbocycles. The zero-order chi connectivity index (χ0) is 33.9. The van der Waals surface area contributed by atoms with Gasteiger partial charge in [-0.25, -0.2) is 0 Å². The molecule has 2 saturated carbocycles. The number of hydrogen-bond acceptors (Lipinski definition) is 7. The monoisotopic (exact) mass is 668 g/mol. The number of oxime groups is 1. The minimum Gasteiger partial charge on any atom is -0.387 e. The zero-order valence-corrected chi connectivity index (χ0v) is 28.7. The molecule has 1 spiro atoms. The van der Waals surface area contributed by atoms with Crippen LogP contribution in [-0.4, -0.2) is 64.1 Å². The third-order valence-electron chi connectivity index (χ3n) is 10.3. The predicted octanol–water partition coefficient (Wildman–Crippen LogP) is 5.13. The summed E-state index contributed by atoms with van der Waals surface area (Å²) in [5.41, 5.74) is 5.19. The molecule has 0 radical (unpaired) electrons. The summed E-state index contributed by atoms with van der Waals surface area (Å²) in [6.45, 7) is 5.77. The van der Waals surface area contributed by atoms with Crippen LogP contribution in [0.1, 0.15) is 110 Å². The molecule has 4 atom stereocenters. The van der Waals surface area contributed by atoms with Gasteiger partial charge < -0.3 is 20.8 Å². The molecular weight excluding hydrogens is 620 g/mol. The van der Waals surface area contributed by atoms with Crippen LogP contribution in [0, 0.1) is 23.2 Å². The number of halogens is 1. The van der Waals surface area contributed by atoms with Crippen molar-refractivity contribution >= 4 is 46.6 Å². The summed E-state index contributed by atoms with van der Waals surface area (Å²) < 4.78 is 0. The molecule has 0 aromatic heterocycles. The SMILES string of the molecule is CC(C)(C)[C@H](NC(=O)CC1CCCCCC1)C(=O)N1C[C@@]2(CC(c3cccc(Cl)c3)=NO2)C[C@H]1C(=O)C[C@@H](CC1CC1)C(=O)C(N)=O. The van der Waals surface area contributed by atoms with Crippen molar-refractivity contribution < 1.29 is 28.8 Å². The summed E-state index contributed by atoms with van der Waals surface area (Å²) >= 11 is 6.24. The number of Topliss-reactive ketones (excluding diaryl/α,β-unsaturated/α-hetero) is 2. The molecule has 4 aliphatic rings. The van der Waals surface area contributed by atoms with Gasteiger partial charge in [-0.15, -0.1) is 0 Å². The van der Waals surface area contributed by atoms with Crippen LogP contribution in [0.3, 0.4) is 0 Å². The maximum absolute atomic E-state index is 14.5. The number of benzene rings is 1. The lowest BCUT2D eigenvalue weighted by atomic mass is 9.84. The Hall–Kier alpha value is -3.27. The van der Waals surface area contributed by atoms with E-state index in [1.807, 2.05) is 32.9 Å². The third kappa shape index (κ3) is 8.80. The number of carbonyl (C=O) groups excluding carboxylic acids is 5. The first-order valence-electron chi connectivity index (χ1n) is 17.2. The fourth-order valence-electron chi connectivity index (χ4n) is 7.49. The highest BCUT2D eigenvalue weighted by molar-refractivity contribution is 6.36. The smallest absolute Gasteiger partial charge is 0.285 e. The molecule has 3 fully saturated rings. The summed E-state index contributed by atoms with van der Waals surface area (Å²) in [6.07, 6.45) is 9.59. The first-order chi connectivity index (χ1) is 22.2. The number of likely N-dealkylation sites (tertiary alicyclic amines) is 1. The lowest BCUT2D eigenvalue weighted by Crippen LogP contribution is -2.57. The van der Waals surface area contributed by atoms with E-state index in [0.717, 1.165) is 44.1 Å². The molecule has 3 N–H and O–H groups in total. The predicted molar refractivity (Wildman–Crippen MR) is 178 cm³/mol. The van der Waals surface area contributed by atoms with Crippen LogP contribution in [-0.2, 0) is 28.8 Å². The van der Waals surface area contributed by atoms with Crippen LogP contribution < -0.4 is 11.1 Å². The highest BCUT2D eigenvalue weighted by atomic mass is 35.5. The molecule has 47 heavy (non-hydrogen) atoms. The van der Waals surface area contributed by atoms with Gasteiger partial charge in [0, 0.05) is 42.2 Å². The van der Waals surface area contributed by atoms with Crippen molar-refractivity contribution in [2.75, 3.05) is 6.54 Å². The molecule has 1 aromatic carbocycles. The van der Waals surface area contributed by atoms with Gasteiger partial charge >= 0.3 is 0 Å². The van der Waals surface area contributed by atoms with Gasteiger partial charge in [0.15, 0.2) is 11.4 Å². The van der Waals surface area contributed by atoms with Crippen LogP contribution in [0.4, 0.5) is 0 Å². The third-order valence-corrected chi connectivity index (χ3v) is 10.5. The van der Waals surface area contributed by atoms with Crippen molar-refractivity contribution in [1.29, 1.82) is 0 Å². The molecule has 1 saturated heterocycles. The molecule has 11 heteroatoms. The van der Waals surface area contributed by atoms with Crippen molar-refractivity contribution in [3.8, 4) is 0 Å². The van der Waals surface area contributed by atoms with Crippen molar-refractivity contribution in [2.45, 2.75) is 122 Å². The average Bonchev–Trinajstić information content (AvgIpc) is 3.69. The number of carbonyl (C=O) groups is 5. The Balaban J connectivity index is 1.39. The number of amides is 3. The van der Waals surface area contributed by atoms with E-state index in [1.165, 1.54) is 17.7 Å². The lowest BCUT2D eigenvalue weighted by molar-refractivity contribution is -0.145. The van der Waals surface area contributed by atoms with Crippen molar-refractivity contribution in [2.24, 2.45) is 34.1 Å². The van der Waals surface area contributed by atoms with Gasteiger partial charge in [0.05, 0.1) is 18.3 Å². The van der Waals surface area contributed by atoms with Crippen LogP contribution in [0.2, 0.25) is 5.02 Å². The Morgan fingerprint density at radius 1 is 1.06 bits per heavy atom. The number of nitrogens with zero attached hydrogens (tertiary/aromatic N) is 2. The van der Waals surface area contributed by atoms with E-state index in [2.05, 4.69) is 10.5 Å². The highest BCUT2D eigenvalue weighted by Gasteiger charge is 2.55.